The number of rotatable bonds is 9. The molecule has 33 heavy (non-hydrogen) atoms. The van der Waals surface area contributed by atoms with Crippen LogP contribution in [0.3, 0.4) is 0 Å². The molecular formula is C23H27N3O5S2. The molecule has 1 heterocycles. The summed E-state index contributed by atoms with van der Waals surface area (Å²) in [7, 11) is -2.17. The molecule has 0 radical (unpaired) electrons. The second kappa shape index (κ2) is 10.4. The number of carbonyl (C=O) groups is 2. The summed E-state index contributed by atoms with van der Waals surface area (Å²) in [6, 6.07) is 11.2. The molecule has 0 fully saturated rings. The molecule has 0 atom stereocenters. The third-order valence-electron chi connectivity index (χ3n) is 5.33. The van der Waals surface area contributed by atoms with Gasteiger partial charge in [-0.15, -0.1) is 0 Å². The van der Waals surface area contributed by atoms with Crippen molar-refractivity contribution in [2.75, 3.05) is 44.4 Å². The highest BCUT2D eigenvalue weighted by Gasteiger charge is 2.24. The zero-order valence-electron chi connectivity index (χ0n) is 19.1. The number of carbonyl (C=O) groups excluding carboxylic acids is 2. The molecular weight excluding hydrogens is 462 g/mol. The number of benzene rings is 2. The molecule has 0 aliphatic rings. The highest BCUT2D eigenvalue weighted by atomic mass is 32.2. The maximum Gasteiger partial charge on any atom is 0.337 e. The molecule has 1 aromatic heterocycles. The number of aromatic nitrogens is 1. The minimum atomic E-state index is -3.47. The standard InChI is InChI=1S/C23H27N3O5S2/c1-5-25(6-2)14-15-26(21(27)16-10-12-17(13-11-16)22(28)31-3)23-24-20-18(32-23)8-7-9-19(20)33(4,29)30/h7-13H,5-6,14-15H2,1-4H3. The number of anilines is 1. The molecule has 10 heteroatoms. The molecule has 2 aromatic carbocycles. The highest BCUT2D eigenvalue weighted by molar-refractivity contribution is 7.91. The average molecular weight is 490 g/mol. The normalized spacial score (nSPS) is 11.7. The van der Waals surface area contributed by atoms with Crippen LogP contribution in [0.15, 0.2) is 47.4 Å². The van der Waals surface area contributed by atoms with E-state index in [4.69, 9.17) is 4.74 Å². The first-order valence-corrected chi connectivity index (χ1v) is 13.2. The highest BCUT2D eigenvalue weighted by Crippen LogP contribution is 2.33. The molecule has 0 saturated heterocycles. The molecule has 0 aliphatic carbocycles. The van der Waals surface area contributed by atoms with E-state index in [0.717, 1.165) is 19.3 Å². The summed E-state index contributed by atoms with van der Waals surface area (Å²) < 4.78 is 29.9. The number of methoxy groups -OCH3 is 1. The molecule has 0 N–H and O–H groups in total. The van der Waals surface area contributed by atoms with E-state index in [9.17, 15) is 18.0 Å². The van der Waals surface area contributed by atoms with Crippen molar-refractivity contribution < 1.29 is 22.7 Å². The summed E-state index contributed by atoms with van der Waals surface area (Å²) in [4.78, 5) is 33.7. The summed E-state index contributed by atoms with van der Waals surface area (Å²) in [5, 5.41) is 0.426. The third kappa shape index (κ3) is 5.58. The molecule has 0 bridgehead atoms. The monoisotopic (exact) mass is 489 g/mol. The van der Waals surface area contributed by atoms with Crippen LogP contribution in [0.1, 0.15) is 34.6 Å². The number of likely N-dealkylation sites (N-methyl/N-ethyl adjacent to an activating group) is 1. The Balaban J connectivity index is 2.03. The SMILES string of the molecule is CCN(CC)CCN(C(=O)c1ccc(C(=O)OC)cc1)c1nc2c(S(C)(=O)=O)cccc2s1. The van der Waals surface area contributed by atoms with E-state index < -0.39 is 15.8 Å². The van der Waals surface area contributed by atoms with Gasteiger partial charge < -0.3 is 9.64 Å². The molecule has 3 rings (SSSR count). The van der Waals surface area contributed by atoms with Crippen molar-refractivity contribution >= 4 is 48.4 Å². The number of hydrogen-bond donors (Lipinski definition) is 0. The van der Waals surface area contributed by atoms with Crippen LogP contribution in [0.5, 0.6) is 0 Å². The van der Waals surface area contributed by atoms with Gasteiger partial charge in [-0.1, -0.05) is 31.3 Å². The maximum absolute atomic E-state index is 13.5. The van der Waals surface area contributed by atoms with Gasteiger partial charge in [0.2, 0.25) is 0 Å². The van der Waals surface area contributed by atoms with Gasteiger partial charge in [-0.25, -0.2) is 18.2 Å². The van der Waals surface area contributed by atoms with Crippen LogP contribution in [-0.4, -0.2) is 69.7 Å². The van der Waals surface area contributed by atoms with E-state index in [1.807, 2.05) is 0 Å². The first-order valence-electron chi connectivity index (χ1n) is 10.5. The van der Waals surface area contributed by atoms with Crippen molar-refractivity contribution in [3.63, 3.8) is 0 Å². The van der Waals surface area contributed by atoms with Crippen molar-refractivity contribution in [3.8, 4) is 0 Å². The van der Waals surface area contributed by atoms with Gasteiger partial charge in [0, 0.05) is 24.9 Å². The van der Waals surface area contributed by atoms with Gasteiger partial charge in [0.25, 0.3) is 5.91 Å². The summed E-state index contributed by atoms with van der Waals surface area (Å²) in [6.07, 6.45) is 1.15. The molecule has 3 aromatic rings. The van der Waals surface area contributed by atoms with Crippen LogP contribution in [0.4, 0.5) is 5.13 Å². The first-order chi connectivity index (χ1) is 15.7. The van der Waals surface area contributed by atoms with Crippen LogP contribution in [0.25, 0.3) is 10.2 Å². The smallest absolute Gasteiger partial charge is 0.337 e. The van der Waals surface area contributed by atoms with Gasteiger partial charge in [0.1, 0.15) is 5.52 Å². The minimum Gasteiger partial charge on any atom is -0.465 e. The second-order valence-corrected chi connectivity index (χ2v) is 10.4. The summed E-state index contributed by atoms with van der Waals surface area (Å²) >= 11 is 1.27. The van der Waals surface area contributed by atoms with Crippen molar-refractivity contribution in [3.05, 3.63) is 53.6 Å². The Morgan fingerprint density at radius 2 is 1.64 bits per heavy atom. The van der Waals surface area contributed by atoms with Crippen LogP contribution in [-0.2, 0) is 14.6 Å². The van der Waals surface area contributed by atoms with E-state index in [-0.39, 0.29) is 10.8 Å². The zero-order valence-corrected chi connectivity index (χ0v) is 20.7. The number of para-hydroxylation sites is 1. The Kier molecular flexibility index (Phi) is 7.83. The topological polar surface area (TPSA) is 96.9 Å². The van der Waals surface area contributed by atoms with Crippen molar-refractivity contribution in [2.24, 2.45) is 0 Å². The van der Waals surface area contributed by atoms with E-state index in [1.54, 1.807) is 41.3 Å². The average Bonchev–Trinajstić information content (AvgIpc) is 3.24. The molecule has 0 saturated carbocycles. The molecule has 8 nitrogen and oxygen atoms in total. The predicted molar refractivity (Wildman–Crippen MR) is 130 cm³/mol. The lowest BCUT2D eigenvalue weighted by Crippen LogP contribution is -2.38. The largest absolute Gasteiger partial charge is 0.465 e. The third-order valence-corrected chi connectivity index (χ3v) is 7.51. The summed E-state index contributed by atoms with van der Waals surface area (Å²) in [5.41, 5.74) is 1.10. The van der Waals surface area contributed by atoms with E-state index in [0.29, 0.717) is 39.6 Å². The van der Waals surface area contributed by atoms with Crippen molar-refractivity contribution in [1.82, 2.24) is 9.88 Å². The van der Waals surface area contributed by atoms with Gasteiger partial charge in [-0.3, -0.25) is 9.69 Å². The van der Waals surface area contributed by atoms with Crippen LogP contribution >= 0.6 is 11.3 Å². The zero-order chi connectivity index (χ0) is 24.2. The molecule has 0 aliphatic heterocycles. The fraction of sp³-hybridized carbons (Fsp3) is 0.348. The first kappa shape index (κ1) is 24.8. The molecule has 0 unspecified atom stereocenters. The summed E-state index contributed by atoms with van der Waals surface area (Å²) in [6.45, 7) is 6.80. The number of sulfone groups is 1. The Morgan fingerprint density at radius 1 is 1.00 bits per heavy atom. The van der Waals surface area contributed by atoms with Crippen LogP contribution < -0.4 is 4.90 Å². The van der Waals surface area contributed by atoms with Crippen LogP contribution in [0, 0.1) is 0 Å². The van der Waals surface area contributed by atoms with Gasteiger partial charge in [0.15, 0.2) is 15.0 Å². The van der Waals surface area contributed by atoms with Crippen molar-refractivity contribution in [1.29, 1.82) is 0 Å². The van der Waals surface area contributed by atoms with Crippen LogP contribution in [0.2, 0.25) is 0 Å². The van der Waals surface area contributed by atoms with E-state index in [2.05, 4.69) is 23.7 Å². The quantitative estimate of drug-likeness (QED) is 0.425. The fourth-order valence-electron chi connectivity index (χ4n) is 3.41. The lowest BCUT2D eigenvalue weighted by molar-refractivity contribution is 0.0600. The Bertz CT molecular complexity index is 1250. The van der Waals surface area contributed by atoms with E-state index >= 15 is 0 Å². The Morgan fingerprint density at radius 3 is 2.21 bits per heavy atom. The number of esters is 1. The van der Waals surface area contributed by atoms with Gasteiger partial charge >= 0.3 is 5.97 Å². The van der Waals surface area contributed by atoms with Gasteiger partial charge in [-0.2, -0.15) is 0 Å². The lowest BCUT2D eigenvalue weighted by Gasteiger charge is -2.24. The fourth-order valence-corrected chi connectivity index (χ4v) is 5.33. The van der Waals surface area contributed by atoms with Gasteiger partial charge in [0.05, 0.1) is 22.3 Å². The van der Waals surface area contributed by atoms with E-state index in [1.165, 1.54) is 24.5 Å². The number of amides is 1. The number of nitrogens with zero attached hydrogens (tertiary/aromatic N) is 3. The lowest BCUT2D eigenvalue weighted by atomic mass is 10.1. The number of hydrogen-bond acceptors (Lipinski definition) is 8. The summed E-state index contributed by atoms with van der Waals surface area (Å²) in [5.74, 6) is -0.759. The predicted octanol–water partition coefficient (Wildman–Crippen LogP) is 3.48. The number of fused-ring (bicyclic) bond motifs is 1. The minimum absolute atomic E-state index is 0.140. The maximum atomic E-state index is 13.5. The Hall–Kier alpha value is -2.82. The second-order valence-electron chi connectivity index (χ2n) is 7.42. The van der Waals surface area contributed by atoms with Crippen molar-refractivity contribution in [2.45, 2.75) is 18.7 Å². The molecule has 176 valence electrons. The molecule has 1 amide bonds. The number of ether oxygens (including phenoxy) is 1. The molecule has 0 spiro atoms. The van der Waals surface area contributed by atoms with Gasteiger partial charge in [-0.05, 0) is 49.5 Å². The Labute approximate surface area is 197 Å². The number of thiazole rings is 1.